The van der Waals surface area contributed by atoms with Crippen LogP contribution < -0.4 is 10.5 Å². The van der Waals surface area contributed by atoms with E-state index in [1.54, 1.807) is 31.2 Å². The van der Waals surface area contributed by atoms with Gasteiger partial charge in [-0.25, -0.2) is 8.78 Å². The van der Waals surface area contributed by atoms with Gasteiger partial charge in [0, 0.05) is 10.6 Å². The Labute approximate surface area is 121 Å². The molecule has 2 rings (SSSR count). The molecular formula is C15H14ClF2NO. The Kier molecular flexibility index (Phi) is 4.57. The number of hydrogen-bond acceptors (Lipinski definition) is 2. The second-order valence-electron chi connectivity index (χ2n) is 4.44. The molecule has 106 valence electrons. The molecule has 0 heterocycles. The molecule has 0 aromatic heterocycles. The summed E-state index contributed by atoms with van der Waals surface area (Å²) in [6, 6.07) is 9.46. The summed E-state index contributed by atoms with van der Waals surface area (Å²) in [6.07, 6.45) is -0.611. The first-order chi connectivity index (χ1) is 9.49. The van der Waals surface area contributed by atoms with E-state index in [0.717, 1.165) is 0 Å². The number of hydrogen-bond donors (Lipinski definition) is 1. The third-order valence-electron chi connectivity index (χ3n) is 2.96. The van der Waals surface area contributed by atoms with E-state index in [1.165, 1.54) is 18.2 Å². The zero-order valence-corrected chi connectivity index (χ0v) is 11.6. The zero-order valence-electron chi connectivity index (χ0n) is 10.8. The third-order valence-corrected chi connectivity index (χ3v) is 3.19. The predicted octanol–water partition coefficient (Wildman–Crippen LogP) is 4.09. The molecule has 0 amide bonds. The first kappa shape index (κ1) is 14.8. The minimum Gasteiger partial charge on any atom is -0.489 e. The van der Waals surface area contributed by atoms with Crippen LogP contribution in [0.25, 0.3) is 0 Å². The maximum absolute atomic E-state index is 13.7. The highest BCUT2D eigenvalue weighted by Crippen LogP contribution is 2.25. The van der Waals surface area contributed by atoms with Crippen molar-refractivity contribution in [1.82, 2.24) is 0 Å². The molecule has 0 fully saturated rings. The van der Waals surface area contributed by atoms with Crippen molar-refractivity contribution in [2.45, 2.75) is 19.1 Å². The summed E-state index contributed by atoms with van der Waals surface area (Å²) >= 11 is 5.84. The molecule has 0 aliphatic heterocycles. The van der Waals surface area contributed by atoms with Crippen molar-refractivity contribution in [2.24, 2.45) is 5.73 Å². The van der Waals surface area contributed by atoms with Crippen molar-refractivity contribution in [3.05, 3.63) is 64.7 Å². The van der Waals surface area contributed by atoms with Gasteiger partial charge in [0.25, 0.3) is 0 Å². The molecule has 0 spiro atoms. The van der Waals surface area contributed by atoms with Crippen LogP contribution in [0.3, 0.4) is 0 Å². The van der Waals surface area contributed by atoms with E-state index >= 15 is 0 Å². The highest BCUT2D eigenvalue weighted by molar-refractivity contribution is 6.30. The van der Waals surface area contributed by atoms with Crippen molar-refractivity contribution in [2.75, 3.05) is 0 Å². The summed E-state index contributed by atoms with van der Waals surface area (Å²) in [5, 5.41) is 0.514. The smallest absolute Gasteiger partial charge is 0.131 e. The fraction of sp³-hybridized carbons (Fsp3) is 0.200. The predicted molar refractivity (Wildman–Crippen MR) is 74.8 cm³/mol. The Morgan fingerprint density at radius 1 is 1.10 bits per heavy atom. The van der Waals surface area contributed by atoms with Crippen LogP contribution in [0.1, 0.15) is 18.5 Å². The van der Waals surface area contributed by atoms with Gasteiger partial charge in [-0.15, -0.1) is 0 Å². The Morgan fingerprint density at radius 3 is 2.30 bits per heavy atom. The molecule has 2 N–H and O–H groups in total. The van der Waals surface area contributed by atoms with Gasteiger partial charge >= 0.3 is 0 Å². The summed E-state index contributed by atoms with van der Waals surface area (Å²) < 4.78 is 32.9. The van der Waals surface area contributed by atoms with E-state index in [1.807, 2.05) is 0 Å². The van der Waals surface area contributed by atoms with Gasteiger partial charge in [0.2, 0.25) is 0 Å². The summed E-state index contributed by atoms with van der Waals surface area (Å²) in [5.74, 6) is -0.865. The van der Waals surface area contributed by atoms with Crippen molar-refractivity contribution in [3.63, 3.8) is 0 Å². The first-order valence-electron chi connectivity index (χ1n) is 6.10. The molecule has 0 aliphatic carbocycles. The van der Waals surface area contributed by atoms with Crippen molar-refractivity contribution < 1.29 is 13.5 Å². The second-order valence-corrected chi connectivity index (χ2v) is 4.88. The van der Waals surface area contributed by atoms with Crippen molar-refractivity contribution >= 4 is 11.6 Å². The lowest BCUT2D eigenvalue weighted by Crippen LogP contribution is -2.30. The monoisotopic (exact) mass is 297 g/mol. The fourth-order valence-corrected chi connectivity index (χ4v) is 2.07. The lowest BCUT2D eigenvalue weighted by molar-refractivity contribution is 0.186. The van der Waals surface area contributed by atoms with Gasteiger partial charge in [0.05, 0.1) is 6.04 Å². The topological polar surface area (TPSA) is 35.2 Å². The summed E-state index contributed by atoms with van der Waals surface area (Å²) in [4.78, 5) is 0. The van der Waals surface area contributed by atoms with Gasteiger partial charge in [0.1, 0.15) is 23.5 Å². The molecule has 2 aromatic rings. The second kappa shape index (κ2) is 6.20. The molecule has 5 heteroatoms. The molecule has 0 radical (unpaired) electrons. The SMILES string of the molecule is CC(Oc1cccc(Cl)c1)C(N)c1c(F)cccc1F. The minimum atomic E-state index is -0.921. The molecule has 2 aromatic carbocycles. The zero-order chi connectivity index (χ0) is 14.7. The third kappa shape index (κ3) is 3.26. The molecule has 0 aliphatic rings. The molecule has 2 unspecified atom stereocenters. The van der Waals surface area contributed by atoms with Crippen LogP contribution in [-0.4, -0.2) is 6.10 Å². The molecule has 20 heavy (non-hydrogen) atoms. The lowest BCUT2D eigenvalue weighted by atomic mass is 10.0. The van der Waals surface area contributed by atoms with Crippen LogP contribution in [0.2, 0.25) is 5.02 Å². The minimum absolute atomic E-state index is 0.179. The van der Waals surface area contributed by atoms with E-state index < -0.39 is 23.8 Å². The molecule has 0 bridgehead atoms. The summed E-state index contributed by atoms with van der Waals surface area (Å²) in [5.41, 5.74) is 5.71. The molecule has 2 atom stereocenters. The summed E-state index contributed by atoms with van der Waals surface area (Å²) in [7, 11) is 0. The van der Waals surface area contributed by atoms with E-state index in [4.69, 9.17) is 22.1 Å². The highest BCUT2D eigenvalue weighted by Gasteiger charge is 2.23. The van der Waals surface area contributed by atoms with Gasteiger partial charge in [-0.2, -0.15) is 0 Å². The first-order valence-corrected chi connectivity index (χ1v) is 6.48. The Morgan fingerprint density at radius 2 is 1.70 bits per heavy atom. The van der Waals surface area contributed by atoms with Gasteiger partial charge in [-0.3, -0.25) is 0 Å². The standard InChI is InChI=1S/C15H14ClF2NO/c1-9(20-11-5-2-4-10(16)8-11)15(19)14-12(17)6-3-7-13(14)18/h2-9,15H,19H2,1H3. The van der Waals surface area contributed by atoms with Crippen molar-refractivity contribution in [3.8, 4) is 5.75 Å². The molecule has 2 nitrogen and oxygen atoms in total. The maximum atomic E-state index is 13.7. The maximum Gasteiger partial charge on any atom is 0.131 e. The number of benzene rings is 2. The van der Waals surface area contributed by atoms with E-state index in [2.05, 4.69) is 0 Å². The Hall–Kier alpha value is -1.65. The van der Waals surface area contributed by atoms with Crippen LogP contribution in [0.15, 0.2) is 42.5 Å². The van der Waals surface area contributed by atoms with Crippen LogP contribution in [-0.2, 0) is 0 Å². The largest absolute Gasteiger partial charge is 0.489 e. The average molecular weight is 298 g/mol. The Bertz CT molecular complexity index is 586. The van der Waals surface area contributed by atoms with E-state index in [0.29, 0.717) is 10.8 Å². The highest BCUT2D eigenvalue weighted by atomic mass is 35.5. The molecule has 0 saturated carbocycles. The Balaban J connectivity index is 2.18. The number of nitrogens with two attached hydrogens (primary N) is 1. The number of rotatable bonds is 4. The van der Waals surface area contributed by atoms with E-state index in [-0.39, 0.29) is 5.56 Å². The van der Waals surface area contributed by atoms with Gasteiger partial charge in [-0.1, -0.05) is 23.7 Å². The normalized spacial score (nSPS) is 13.8. The van der Waals surface area contributed by atoms with Crippen LogP contribution in [0, 0.1) is 11.6 Å². The summed E-state index contributed by atoms with van der Waals surface area (Å²) in [6.45, 7) is 1.65. The quantitative estimate of drug-likeness (QED) is 0.922. The van der Waals surface area contributed by atoms with Crippen LogP contribution >= 0.6 is 11.6 Å². The van der Waals surface area contributed by atoms with Crippen LogP contribution in [0.5, 0.6) is 5.75 Å². The average Bonchev–Trinajstić information content (AvgIpc) is 2.38. The van der Waals surface area contributed by atoms with E-state index in [9.17, 15) is 8.78 Å². The molecular weight excluding hydrogens is 284 g/mol. The fourth-order valence-electron chi connectivity index (χ4n) is 1.89. The molecule has 0 saturated heterocycles. The van der Waals surface area contributed by atoms with Gasteiger partial charge in [-0.05, 0) is 37.3 Å². The van der Waals surface area contributed by atoms with Gasteiger partial charge < -0.3 is 10.5 Å². The van der Waals surface area contributed by atoms with Crippen molar-refractivity contribution in [1.29, 1.82) is 0 Å². The van der Waals surface area contributed by atoms with Crippen LogP contribution in [0.4, 0.5) is 8.78 Å². The number of ether oxygens (including phenoxy) is 1. The lowest BCUT2D eigenvalue weighted by Gasteiger charge is -2.22. The number of halogens is 3. The van der Waals surface area contributed by atoms with Gasteiger partial charge in [0.15, 0.2) is 0 Å².